The van der Waals surface area contributed by atoms with Crippen molar-refractivity contribution in [3.8, 4) is 23.8 Å². The van der Waals surface area contributed by atoms with E-state index in [9.17, 15) is 4.79 Å². The van der Waals surface area contributed by atoms with E-state index in [1.165, 1.54) is 6.21 Å². The third-order valence-corrected chi connectivity index (χ3v) is 3.72. The Morgan fingerprint density at radius 3 is 2.75 bits per heavy atom. The SMILES string of the molecule is C#CCOc1ccc(OC)cc1/C=N\NC(=O)c1ccc(I)cc1. The molecule has 0 aliphatic carbocycles. The van der Waals surface area contributed by atoms with Crippen LogP contribution in [0.5, 0.6) is 11.5 Å². The van der Waals surface area contributed by atoms with E-state index in [1.807, 2.05) is 12.1 Å². The zero-order valence-corrected chi connectivity index (χ0v) is 15.1. The van der Waals surface area contributed by atoms with Gasteiger partial charge in [0, 0.05) is 14.7 Å². The van der Waals surface area contributed by atoms with Gasteiger partial charge >= 0.3 is 0 Å². The highest BCUT2D eigenvalue weighted by molar-refractivity contribution is 14.1. The van der Waals surface area contributed by atoms with Gasteiger partial charge in [-0.25, -0.2) is 5.43 Å². The van der Waals surface area contributed by atoms with Crippen LogP contribution in [-0.2, 0) is 0 Å². The van der Waals surface area contributed by atoms with Crippen LogP contribution in [0.2, 0.25) is 0 Å². The first kappa shape index (κ1) is 17.8. The maximum Gasteiger partial charge on any atom is 0.271 e. The number of methoxy groups -OCH3 is 1. The Hall–Kier alpha value is -2.53. The molecule has 0 saturated carbocycles. The van der Waals surface area contributed by atoms with Gasteiger partial charge in [0.2, 0.25) is 0 Å². The van der Waals surface area contributed by atoms with E-state index in [2.05, 4.69) is 39.0 Å². The summed E-state index contributed by atoms with van der Waals surface area (Å²) in [5.74, 6) is 3.31. The van der Waals surface area contributed by atoms with Gasteiger partial charge in [-0.1, -0.05) is 5.92 Å². The molecule has 0 aliphatic rings. The first-order valence-corrected chi connectivity index (χ1v) is 8.05. The van der Waals surface area contributed by atoms with Gasteiger partial charge in [-0.2, -0.15) is 5.10 Å². The number of nitrogens with one attached hydrogen (secondary N) is 1. The van der Waals surface area contributed by atoms with Crippen LogP contribution < -0.4 is 14.9 Å². The molecule has 6 heteroatoms. The van der Waals surface area contributed by atoms with Gasteiger partial charge in [0.1, 0.15) is 18.1 Å². The zero-order chi connectivity index (χ0) is 17.4. The molecule has 0 fully saturated rings. The average molecular weight is 434 g/mol. The summed E-state index contributed by atoms with van der Waals surface area (Å²) in [5, 5.41) is 3.97. The molecule has 1 N–H and O–H groups in total. The Labute approximate surface area is 154 Å². The smallest absolute Gasteiger partial charge is 0.271 e. The third kappa shape index (κ3) is 4.99. The molecule has 0 aromatic heterocycles. The molecule has 1 amide bonds. The highest BCUT2D eigenvalue weighted by Gasteiger charge is 2.06. The number of hydrogen-bond donors (Lipinski definition) is 1. The van der Waals surface area contributed by atoms with Crippen LogP contribution in [-0.4, -0.2) is 25.8 Å². The molecule has 0 saturated heterocycles. The van der Waals surface area contributed by atoms with Crippen molar-refractivity contribution in [2.75, 3.05) is 13.7 Å². The number of halogens is 1. The van der Waals surface area contributed by atoms with Crippen molar-refractivity contribution in [2.24, 2.45) is 5.10 Å². The molecular weight excluding hydrogens is 419 g/mol. The Kier molecular flexibility index (Phi) is 6.63. The lowest BCUT2D eigenvalue weighted by atomic mass is 10.2. The van der Waals surface area contributed by atoms with Gasteiger partial charge < -0.3 is 9.47 Å². The summed E-state index contributed by atoms with van der Waals surface area (Å²) in [4.78, 5) is 12.0. The number of rotatable bonds is 6. The average Bonchev–Trinajstić information content (AvgIpc) is 2.61. The minimum absolute atomic E-state index is 0.141. The summed E-state index contributed by atoms with van der Waals surface area (Å²) in [7, 11) is 1.57. The van der Waals surface area contributed by atoms with Gasteiger partial charge in [0.15, 0.2) is 0 Å². The highest BCUT2D eigenvalue weighted by atomic mass is 127. The van der Waals surface area contributed by atoms with Crippen molar-refractivity contribution in [1.82, 2.24) is 5.43 Å². The first-order chi connectivity index (χ1) is 11.6. The van der Waals surface area contributed by atoms with Crippen LogP contribution in [0.4, 0.5) is 0 Å². The van der Waals surface area contributed by atoms with E-state index in [1.54, 1.807) is 37.4 Å². The summed E-state index contributed by atoms with van der Waals surface area (Å²) >= 11 is 2.18. The van der Waals surface area contributed by atoms with E-state index < -0.39 is 0 Å². The van der Waals surface area contributed by atoms with E-state index >= 15 is 0 Å². The molecule has 0 spiro atoms. The highest BCUT2D eigenvalue weighted by Crippen LogP contribution is 2.22. The fourth-order valence-corrected chi connectivity index (χ4v) is 2.19. The van der Waals surface area contributed by atoms with Crippen LogP contribution in [0.1, 0.15) is 15.9 Å². The zero-order valence-electron chi connectivity index (χ0n) is 13.0. The predicted molar refractivity (Wildman–Crippen MR) is 102 cm³/mol. The molecule has 0 atom stereocenters. The van der Waals surface area contributed by atoms with Gasteiger partial charge in [-0.15, -0.1) is 6.42 Å². The van der Waals surface area contributed by atoms with Gasteiger partial charge in [-0.3, -0.25) is 4.79 Å². The van der Waals surface area contributed by atoms with Crippen LogP contribution in [0.15, 0.2) is 47.6 Å². The minimum atomic E-state index is -0.295. The molecule has 0 unspecified atom stereocenters. The molecule has 0 bridgehead atoms. The van der Waals surface area contributed by atoms with Crippen LogP contribution in [0.3, 0.4) is 0 Å². The molecule has 0 radical (unpaired) electrons. The van der Waals surface area contributed by atoms with Crippen LogP contribution in [0.25, 0.3) is 0 Å². The van der Waals surface area contributed by atoms with Gasteiger partial charge in [0.05, 0.1) is 13.3 Å². The number of carbonyl (C=O) groups excluding carboxylic acids is 1. The third-order valence-electron chi connectivity index (χ3n) is 3.00. The summed E-state index contributed by atoms with van der Waals surface area (Å²) in [5.41, 5.74) is 3.65. The monoisotopic (exact) mass is 434 g/mol. The van der Waals surface area contributed by atoms with Gasteiger partial charge in [0.25, 0.3) is 5.91 Å². The normalized spacial score (nSPS) is 10.2. The second-order valence-electron chi connectivity index (χ2n) is 4.60. The van der Waals surface area contributed by atoms with Crippen molar-refractivity contribution in [3.05, 3.63) is 57.2 Å². The minimum Gasteiger partial charge on any atom is -0.497 e. The molecule has 5 nitrogen and oxygen atoms in total. The van der Waals surface area contributed by atoms with E-state index in [0.717, 1.165) is 3.57 Å². The van der Waals surface area contributed by atoms with E-state index in [0.29, 0.717) is 22.6 Å². The number of hydrazone groups is 1. The number of ether oxygens (including phenoxy) is 2. The molecule has 122 valence electrons. The number of amides is 1. The largest absolute Gasteiger partial charge is 0.497 e. The Morgan fingerprint density at radius 1 is 1.33 bits per heavy atom. The number of nitrogens with zero attached hydrogens (tertiary/aromatic N) is 1. The summed E-state index contributed by atoms with van der Waals surface area (Å²) in [6, 6.07) is 12.4. The summed E-state index contributed by atoms with van der Waals surface area (Å²) < 4.78 is 11.7. The predicted octanol–water partition coefficient (Wildman–Crippen LogP) is 3.08. The summed E-state index contributed by atoms with van der Waals surface area (Å²) in [6.07, 6.45) is 6.69. The van der Waals surface area contributed by atoms with Crippen LogP contribution >= 0.6 is 22.6 Å². The number of terminal acetylenes is 1. The first-order valence-electron chi connectivity index (χ1n) is 6.97. The second kappa shape index (κ2) is 8.93. The maximum atomic E-state index is 12.0. The quantitative estimate of drug-likeness (QED) is 0.329. The molecule has 2 aromatic carbocycles. The number of hydrogen-bond acceptors (Lipinski definition) is 4. The topological polar surface area (TPSA) is 59.9 Å². The molecule has 24 heavy (non-hydrogen) atoms. The fraction of sp³-hybridized carbons (Fsp3) is 0.111. The van der Waals surface area contributed by atoms with Crippen molar-refractivity contribution < 1.29 is 14.3 Å². The second-order valence-corrected chi connectivity index (χ2v) is 5.85. The Morgan fingerprint density at radius 2 is 2.08 bits per heavy atom. The molecule has 0 aliphatic heterocycles. The fourth-order valence-electron chi connectivity index (χ4n) is 1.83. The lowest BCUT2D eigenvalue weighted by Gasteiger charge is -2.08. The van der Waals surface area contributed by atoms with E-state index in [4.69, 9.17) is 15.9 Å². The lowest BCUT2D eigenvalue weighted by Crippen LogP contribution is -2.17. The molecule has 0 heterocycles. The Balaban J connectivity index is 2.11. The van der Waals surface area contributed by atoms with Crippen molar-refractivity contribution >= 4 is 34.7 Å². The maximum absolute atomic E-state index is 12.0. The van der Waals surface area contributed by atoms with Gasteiger partial charge in [-0.05, 0) is 65.1 Å². The lowest BCUT2D eigenvalue weighted by molar-refractivity contribution is 0.0955. The van der Waals surface area contributed by atoms with Crippen LogP contribution in [0, 0.1) is 15.9 Å². The number of carbonyl (C=O) groups is 1. The molecule has 2 rings (SSSR count). The van der Waals surface area contributed by atoms with Crippen molar-refractivity contribution in [1.29, 1.82) is 0 Å². The standard InChI is InChI=1S/C18H15IN2O3/c1-3-10-24-17-9-8-16(23-2)11-14(17)12-20-21-18(22)13-4-6-15(19)7-5-13/h1,4-9,11-12H,10H2,2H3,(H,21,22)/b20-12-. The van der Waals surface area contributed by atoms with Crippen molar-refractivity contribution in [2.45, 2.75) is 0 Å². The molecule has 2 aromatic rings. The molecular formula is C18H15IN2O3. The number of benzene rings is 2. The summed E-state index contributed by atoms with van der Waals surface area (Å²) in [6.45, 7) is 0.141. The van der Waals surface area contributed by atoms with E-state index in [-0.39, 0.29) is 12.5 Å². The van der Waals surface area contributed by atoms with Crippen molar-refractivity contribution in [3.63, 3.8) is 0 Å². The Bertz CT molecular complexity index is 780.